The van der Waals surface area contributed by atoms with Gasteiger partial charge in [-0.15, -0.1) is 11.3 Å². The first-order chi connectivity index (χ1) is 13.3. The maximum Gasteiger partial charge on any atom is 0.251 e. The van der Waals surface area contributed by atoms with Crippen molar-refractivity contribution < 1.29 is 14.3 Å². The number of carbonyl (C=O) groups excluding carboxylic acids is 2. The number of amides is 2. The van der Waals surface area contributed by atoms with Crippen LogP contribution in [0.4, 0.5) is 5.00 Å². The lowest BCUT2D eigenvalue weighted by Gasteiger charge is -2.18. The van der Waals surface area contributed by atoms with Gasteiger partial charge < -0.3 is 15.8 Å². The zero-order chi connectivity index (χ0) is 20.3. The third-order valence-electron chi connectivity index (χ3n) is 5.15. The van der Waals surface area contributed by atoms with Gasteiger partial charge in [-0.05, 0) is 62.6 Å². The van der Waals surface area contributed by atoms with Gasteiger partial charge in [-0.3, -0.25) is 9.59 Å². The third-order valence-corrected chi connectivity index (χ3v) is 6.32. The van der Waals surface area contributed by atoms with Gasteiger partial charge in [0.2, 0.25) is 5.91 Å². The zero-order valence-electron chi connectivity index (χ0n) is 16.8. The van der Waals surface area contributed by atoms with Crippen LogP contribution in [0.25, 0.3) is 0 Å². The Morgan fingerprint density at radius 3 is 2.82 bits per heavy atom. The van der Waals surface area contributed by atoms with Gasteiger partial charge in [0.05, 0.1) is 12.2 Å². The summed E-state index contributed by atoms with van der Waals surface area (Å²) in [4.78, 5) is 25.5. The number of rotatable bonds is 7. The standard InChI is InChI=1S/C22H28N2O3S/c1-13-7-9-17(15(3)11-13)27-10-4-5-19(25)24-22-20(21(23)26)16-8-6-14(2)12-18(16)28-22/h7,9,11,14H,4-6,8,10,12H2,1-3H3,(H2,23,26)(H,24,25)/t14-/m0/s1. The highest BCUT2D eigenvalue weighted by Gasteiger charge is 2.27. The van der Waals surface area contributed by atoms with Crippen LogP contribution in [0.3, 0.4) is 0 Å². The number of aryl methyl sites for hydroxylation is 2. The van der Waals surface area contributed by atoms with Gasteiger partial charge in [-0.1, -0.05) is 24.6 Å². The van der Waals surface area contributed by atoms with E-state index in [9.17, 15) is 9.59 Å². The van der Waals surface area contributed by atoms with Crippen molar-refractivity contribution in [3.63, 3.8) is 0 Å². The Hall–Kier alpha value is -2.34. The summed E-state index contributed by atoms with van der Waals surface area (Å²) in [7, 11) is 0. The number of ether oxygens (including phenoxy) is 1. The molecule has 1 aromatic carbocycles. The van der Waals surface area contributed by atoms with Crippen molar-refractivity contribution in [2.24, 2.45) is 11.7 Å². The van der Waals surface area contributed by atoms with Crippen LogP contribution >= 0.6 is 11.3 Å². The topological polar surface area (TPSA) is 81.4 Å². The van der Waals surface area contributed by atoms with Gasteiger partial charge in [0, 0.05) is 11.3 Å². The van der Waals surface area contributed by atoms with Crippen LogP contribution in [0.1, 0.15) is 58.1 Å². The van der Waals surface area contributed by atoms with Crippen molar-refractivity contribution in [1.29, 1.82) is 0 Å². The third kappa shape index (κ3) is 4.73. The number of thiophene rings is 1. The first kappa shape index (κ1) is 20.4. The molecule has 5 nitrogen and oxygen atoms in total. The molecule has 0 bridgehead atoms. The Morgan fingerprint density at radius 1 is 1.32 bits per heavy atom. The monoisotopic (exact) mass is 400 g/mol. The molecule has 2 aromatic rings. The van der Waals surface area contributed by atoms with E-state index in [2.05, 4.69) is 18.3 Å². The average molecular weight is 401 g/mol. The summed E-state index contributed by atoms with van der Waals surface area (Å²) in [6.45, 7) is 6.74. The maximum atomic E-state index is 12.4. The molecule has 6 heteroatoms. The molecule has 0 saturated carbocycles. The van der Waals surface area contributed by atoms with E-state index in [0.717, 1.165) is 36.1 Å². The fraction of sp³-hybridized carbons (Fsp3) is 0.455. The molecule has 1 aliphatic rings. The highest BCUT2D eigenvalue weighted by atomic mass is 32.1. The normalized spacial score (nSPS) is 15.8. The highest BCUT2D eigenvalue weighted by molar-refractivity contribution is 7.17. The molecule has 3 N–H and O–H groups in total. The minimum Gasteiger partial charge on any atom is -0.493 e. The Kier molecular flexibility index (Phi) is 6.39. The number of hydrogen-bond donors (Lipinski definition) is 2. The van der Waals surface area contributed by atoms with Gasteiger partial charge >= 0.3 is 0 Å². The lowest BCUT2D eigenvalue weighted by Crippen LogP contribution is -2.19. The molecule has 0 fully saturated rings. The van der Waals surface area contributed by atoms with Crippen LogP contribution in [0.5, 0.6) is 5.75 Å². The molecule has 1 aromatic heterocycles. The van der Waals surface area contributed by atoms with E-state index in [1.807, 2.05) is 26.0 Å². The van der Waals surface area contributed by atoms with Crippen LogP contribution in [0.15, 0.2) is 18.2 Å². The van der Waals surface area contributed by atoms with Gasteiger partial charge in [0.1, 0.15) is 10.8 Å². The highest BCUT2D eigenvalue weighted by Crippen LogP contribution is 2.39. The smallest absolute Gasteiger partial charge is 0.251 e. The second-order valence-corrected chi connectivity index (χ2v) is 8.79. The van der Waals surface area contributed by atoms with E-state index < -0.39 is 5.91 Å². The van der Waals surface area contributed by atoms with Crippen LogP contribution in [-0.2, 0) is 17.6 Å². The molecule has 3 rings (SSSR count). The first-order valence-electron chi connectivity index (χ1n) is 9.79. The molecule has 0 radical (unpaired) electrons. The van der Waals surface area contributed by atoms with Crippen molar-refractivity contribution >= 4 is 28.2 Å². The molecule has 150 valence electrons. The number of carbonyl (C=O) groups is 2. The number of fused-ring (bicyclic) bond motifs is 1. The number of nitrogens with one attached hydrogen (secondary N) is 1. The minimum atomic E-state index is -0.458. The summed E-state index contributed by atoms with van der Waals surface area (Å²) in [5.74, 6) is 0.874. The summed E-state index contributed by atoms with van der Waals surface area (Å²) in [5, 5.41) is 3.51. The predicted molar refractivity (Wildman–Crippen MR) is 113 cm³/mol. The molecular weight excluding hydrogens is 372 g/mol. The van der Waals surface area contributed by atoms with Gasteiger partial charge in [-0.2, -0.15) is 0 Å². The lowest BCUT2D eigenvalue weighted by molar-refractivity contribution is -0.116. The molecule has 0 saturated heterocycles. The number of benzene rings is 1. The minimum absolute atomic E-state index is 0.113. The van der Waals surface area contributed by atoms with E-state index in [1.165, 1.54) is 21.8 Å². The van der Waals surface area contributed by atoms with E-state index in [0.29, 0.717) is 35.9 Å². The number of hydrogen-bond acceptors (Lipinski definition) is 4. The number of anilines is 1. The van der Waals surface area contributed by atoms with E-state index in [4.69, 9.17) is 10.5 Å². The Balaban J connectivity index is 1.55. The predicted octanol–water partition coefficient (Wildman–Crippen LogP) is 4.39. The summed E-state index contributed by atoms with van der Waals surface area (Å²) in [6.07, 6.45) is 3.78. The zero-order valence-corrected chi connectivity index (χ0v) is 17.6. The van der Waals surface area contributed by atoms with Crippen molar-refractivity contribution in [1.82, 2.24) is 0 Å². The van der Waals surface area contributed by atoms with E-state index in [1.54, 1.807) is 0 Å². The van der Waals surface area contributed by atoms with Crippen LogP contribution in [0.2, 0.25) is 0 Å². The number of primary amides is 1. The van der Waals surface area contributed by atoms with Gasteiger partial charge in [0.15, 0.2) is 0 Å². The van der Waals surface area contributed by atoms with E-state index >= 15 is 0 Å². The van der Waals surface area contributed by atoms with Crippen LogP contribution in [-0.4, -0.2) is 18.4 Å². The Labute approximate surface area is 170 Å². The quantitative estimate of drug-likeness (QED) is 0.677. The van der Waals surface area contributed by atoms with Crippen molar-refractivity contribution in [2.45, 2.75) is 52.9 Å². The number of nitrogens with two attached hydrogens (primary N) is 1. The fourth-order valence-corrected chi connectivity index (χ4v) is 5.10. The van der Waals surface area contributed by atoms with Gasteiger partial charge in [0.25, 0.3) is 5.91 Å². The molecule has 1 atom stereocenters. The molecule has 1 aliphatic carbocycles. The van der Waals surface area contributed by atoms with Crippen molar-refractivity contribution in [3.8, 4) is 5.75 Å². The SMILES string of the molecule is Cc1ccc(OCCCC(=O)Nc2sc3c(c2C(N)=O)CC[C@H](C)C3)c(C)c1. The molecule has 0 aliphatic heterocycles. The van der Waals surface area contributed by atoms with Crippen molar-refractivity contribution in [2.75, 3.05) is 11.9 Å². The largest absolute Gasteiger partial charge is 0.493 e. The first-order valence-corrected chi connectivity index (χ1v) is 10.6. The molecule has 0 unspecified atom stereocenters. The molecule has 28 heavy (non-hydrogen) atoms. The molecule has 0 spiro atoms. The summed E-state index contributed by atoms with van der Waals surface area (Å²) in [5.41, 5.74) is 9.43. The summed E-state index contributed by atoms with van der Waals surface area (Å²) < 4.78 is 5.78. The molecular formula is C22H28N2O3S. The van der Waals surface area contributed by atoms with Crippen LogP contribution < -0.4 is 15.8 Å². The summed E-state index contributed by atoms with van der Waals surface area (Å²) in [6, 6.07) is 6.05. The Morgan fingerprint density at radius 2 is 2.11 bits per heavy atom. The second-order valence-electron chi connectivity index (χ2n) is 7.69. The Bertz CT molecular complexity index is 888. The molecule has 1 heterocycles. The molecule has 2 amide bonds. The lowest BCUT2D eigenvalue weighted by atomic mass is 9.88. The summed E-state index contributed by atoms with van der Waals surface area (Å²) >= 11 is 1.50. The average Bonchev–Trinajstić information content (AvgIpc) is 2.97. The van der Waals surface area contributed by atoms with Crippen LogP contribution in [0, 0.1) is 19.8 Å². The van der Waals surface area contributed by atoms with Gasteiger partial charge in [-0.25, -0.2) is 0 Å². The maximum absolute atomic E-state index is 12.4. The fourth-order valence-electron chi connectivity index (χ4n) is 3.66. The van der Waals surface area contributed by atoms with Crippen molar-refractivity contribution in [3.05, 3.63) is 45.3 Å². The van der Waals surface area contributed by atoms with E-state index in [-0.39, 0.29) is 5.91 Å². The second kappa shape index (κ2) is 8.78.